The third-order valence-corrected chi connectivity index (χ3v) is 5.52. The van der Waals surface area contributed by atoms with E-state index < -0.39 is 23.3 Å². The molecule has 2 aromatic carbocycles. The molecular formula is C26H24F3NO5. The molecule has 0 bridgehead atoms. The number of hydrogen-bond acceptors (Lipinski definition) is 6. The van der Waals surface area contributed by atoms with Gasteiger partial charge in [0.1, 0.15) is 24.6 Å². The Bertz CT molecular complexity index is 1160. The van der Waals surface area contributed by atoms with Crippen LogP contribution in [0.25, 0.3) is 11.3 Å². The largest absolute Gasteiger partial charge is 0.487 e. The van der Waals surface area contributed by atoms with Crippen LogP contribution in [0.5, 0.6) is 5.75 Å². The van der Waals surface area contributed by atoms with E-state index in [-0.39, 0.29) is 31.1 Å². The van der Waals surface area contributed by atoms with Crippen molar-refractivity contribution in [2.75, 3.05) is 26.4 Å². The summed E-state index contributed by atoms with van der Waals surface area (Å²) >= 11 is 0. The lowest BCUT2D eigenvalue weighted by Gasteiger charge is -2.41. The molecule has 0 N–H and O–H groups in total. The number of ether oxygens (including phenoxy) is 4. The molecule has 0 spiro atoms. The van der Waals surface area contributed by atoms with Gasteiger partial charge in [-0.1, -0.05) is 36.4 Å². The van der Waals surface area contributed by atoms with Crippen LogP contribution in [0.1, 0.15) is 23.7 Å². The first-order valence-electron chi connectivity index (χ1n) is 11.0. The van der Waals surface area contributed by atoms with Crippen molar-refractivity contribution < 1.29 is 36.9 Å². The van der Waals surface area contributed by atoms with Crippen LogP contribution in [0.15, 0.2) is 66.7 Å². The molecule has 1 aliphatic rings. The third-order valence-electron chi connectivity index (χ3n) is 5.52. The lowest BCUT2D eigenvalue weighted by atomic mass is 9.91. The predicted molar refractivity (Wildman–Crippen MR) is 121 cm³/mol. The summed E-state index contributed by atoms with van der Waals surface area (Å²) in [6.07, 6.45) is -4.48. The van der Waals surface area contributed by atoms with E-state index in [1.165, 1.54) is 12.1 Å². The summed E-state index contributed by atoms with van der Waals surface area (Å²) in [5.74, 6) is 0.115. The Morgan fingerprint density at radius 1 is 1.03 bits per heavy atom. The van der Waals surface area contributed by atoms with Crippen LogP contribution < -0.4 is 4.74 Å². The van der Waals surface area contributed by atoms with E-state index in [2.05, 4.69) is 4.98 Å². The number of carbonyl (C=O) groups excluding carboxylic acids is 1. The molecular weight excluding hydrogens is 463 g/mol. The molecule has 3 aromatic rings. The maximum Gasteiger partial charge on any atom is 0.417 e. The van der Waals surface area contributed by atoms with Gasteiger partial charge in [-0.25, -0.2) is 9.78 Å². The molecule has 0 unspecified atom stereocenters. The highest BCUT2D eigenvalue weighted by Crippen LogP contribution is 2.37. The van der Waals surface area contributed by atoms with E-state index >= 15 is 0 Å². The average Bonchev–Trinajstić information content (AvgIpc) is 2.83. The summed E-state index contributed by atoms with van der Waals surface area (Å²) in [4.78, 5) is 16.0. The Kier molecular flexibility index (Phi) is 7.37. The normalized spacial score (nSPS) is 14.7. The number of pyridine rings is 1. The highest BCUT2D eigenvalue weighted by molar-refractivity contribution is 5.70. The van der Waals surface area contributed by atoms with Crippen molar-refractivity contribution >= 4 is 5.97 Å². The molecule has 1 aliphatic heterocycles. The first-order valence-corrected chi connectivity index (χ1v) is 11.0. The van der Waals surface area contributed by atoms with Crippen LogP contribution in [-0.4, -0.2) is 37.4 Å². The number of alkyl halides is 3. The van der Waals surface area contributed by atoms with Crippen molar-refractivity contribution in [3.05, 3.63) is 83.6 Å². The minimum absolute atomic E-state index is 0.0158. The number of esters is 1. The van der Waals surface area contributed by atoms with Gasteiger partial charge in [-0.15, -0.1) is 0 Å². The first kappa shape index (κ1) is 24.7. The van der Waals surface area contributed by atoms with E-state index in [0.717, 1.165) is 11.6 Å². The number of aromatic nitrogens is 1. The smallest absolute Gasteiger partial charge is 0.417 e. The van der Waals surface area contributed by atoms with Gasteiger partial charge in [-0.3, -0.25) is 0 Å². The fourth-order valence-corrected chi connectivity index (χ4v) is 3.70. The maximum atomic E-state index is 13.4. The van der Waals surface area contributed by atoms with Crippen LogP contribution in [0.2, 0.25) is 0 Å². The number of rotatable bonds is 9. The standard InChI is InChI=1S/C26H24F3NO5/c1-2-33-24(31)15-35-25(16-32-17-25)18-10-12-20(13-11-18)34-14-19-6-5-9-23(30-19)21-7-3-4-8-22(21)26(27,28)29/h3-13H,2,14-17H2,1H3. The molecule has 0 atom stereocenters. The van der Waals surface area contributed by atoms with Crippen LogP contribution >= 0.6 is 0 Å². The van der Waals surface area contributed by atoms with Gasteiger partial charge < -0.3 is 18.9 Å². The minimum Gasteiger partial charge on any atom is -0.487 e. The molecule has 0 amide bonds. The molecule has 184 valence electrons. The van der Waals surface area contributed by atoms with Gasteiger partial charge in [0.25, 0.3) is 0 Å². The van der Waals surface area contributed by atoms with Gasteiger partial charge in [-0.05, 0) is 42.8 Å². The summed E-state index contributed by atoms with van der Waals surface area (Å²) in [6, 6.07) is 17.4. The Labute approximate surface area is 200 Å². The van der Waals surface area contributed by atoms with Gasteiger partial charge in [0.2, 0.25) is 0 Å². The molecule has 0 aliphatic carbocycles. The highest BCUT2D eigenvalue weighted by atomic mass is 19.4. The second kappa shape index (κ2) is 10.5. The molecule has 6 nitrogen and oxygen atoms in total. The van der Waals surface area contributed by atoms with Crippen molar-refractivity contribution in [3.63, 3.8) is 0 Å². The van der Waals surface area contributed by atoms with E-state index in [9.17, 15) is 18.0 Å². The number of benzene rings is 2. The van der Waals surface area contributed by atoms with E-state index in [1.807, 2.05) is 12.1 Å². The van der Waals surface area contributed by atoms with Crippen molar-refractivity contribution in [2.24, 2.45) is 0 Å². The molecule has 1 saturated heterocycles. The lowest BCUT2D eigenvalue weighted by molar-refractivity contribution is -0.221. The Morgan fingerprint density at radius 2 is 1.77 bits per heavy atom. The van der Waals surface area contributed by atoms with Crippen molar-refractivity contribution in [1.29, 1.82) is 0 Å². The van der Waals surface area contributed by atoms with E-state index in [4.69, 9.17) is 18.9 Å². The van der Waals surface area contributed by atoms with Gasteiger partial charge >= 0.3 is 12.1 Å². The fourth-order valence-electron chi connectivity index (χ4n) is 3.70. The molecule has 35 heavy (non-hydrogen) atoms. The quantitative estimate of drug-likeness (QED) is 0.389. The Balaban J connectivity index is 1.42. The van der Waals surface area contributed by atoms with Crippen LogP contribution in [0.4, 0.5) is 13.2 Å². The number of nitrogens with zero attached hydrogens (tertiary/aromatic N) is 1. The number of halogens is 3. The van der Waals surface area contributed by atoms with Gasteiger partial charge in [0, 0.05) is 5.56 Å². The summed E-state index contributed by atoms with van der Waals surface area (Å²) < 4.78 is 62.0. The topological polar surface area (TPSA) is 66.9 Å². The van der Waals surface area contributed by atoms with Crippen LogP contribution in [0, 0.1) is 0 Å². The summed E-state index contributed by atoms with van der Waals surface area (Å²) in [7, 11) is 0. The fraction of sp³-hybridized carbons (Fsp3) is 0.308. The second-order valence-corrected chi connectivity index (χ2v) is 7.95. The van der Waals surface area contributed by atoms with Crippen LogP contribution in [0.3, 0.4) is 0 Å². The maximum absolute atomic E-state index is 13.4. The molecule has 4 rings (SSSR count). The third kappa shape index (κ3) is 5.80. The van der Waals surface area contributed by atoms with Gasteiger partial charge in [0.05, 0.1) is 36.8 Å². The number of hydrogen-bond donors (Lipinski definition) is 0. The zero-order valence-corrected chi connectivity index (χ0v) is 19.0. The van der Waals surface area contributed by atoms with Crippen molar-refractivity contribution in [2.45, 2.75) is 25.3 Å². The average molecular weight is 487 g/mol. The van der Waals surface area contributed by atoms with Crippen molar-refractivity contribution in [3.8, 4) is 17.0 Å². The summed E-state index contributed by atoms with van der Waals surface area (Å²) in [6.45, 7) is 2.56. The zero-order chi connectivity index (χ0) is 24.9. The second-order valence-electron chi connectivity index (χ2n) is 7.95. The Morgan fingerprint density at radius 3 is 2.43 bits per heavy atom. The zero-order valence-electron chi connectivity index (χ0n) is 19.0. The van der Waals surface area contributed by atoms with Crippen molar-refractivity contribution in [1.82, 2.24) is 4.98 Å². The molecule has 1 fully saturated rings. The van der Waals surface area contributed by atoms with Gasteiger partial charge in [0.15, 0.2) is 0 Å². The molecule has 0 radical (unpaired) electrons. The number of carbonyl (C=O) groups is 1. The minimum atomic E-state index is -4.48. The first-order chi connectivity index (χ1) is 16.8. The van der Waals surface area contributed by atoms with Crippen LogP contribution in [-0.2, 0) is 37.4 Å². The molecule has 2 heterocycles. The SMILES string of the molecule is CCOC(=O)COC1(c2ccc(OCc3cccc(-c4ccccc4C(F)(F)F)n3)cc2)COC1. The Hall–Kier alpha value is -3.43. The molecule has 0 saturated carbocycles. The highest BCUT2D eigenvalue weighted by Gasteiger charge is 2.42. The van der Waals surface area contributed by atoms with Gasteiger partial charge in [-0.2, -0.15) is 13.2 Å². The molecule has 1 aromatic heterocycles. The van der Waals surface area contributed by atoms with E-state index in [0.29, 0.717) is 24.7 Å². The molecule has 9 heteroatoms. The van der Waals surface area contributed by atoms with E-state index in [1.54, 1.807) is 43.3 Å². The summed E-state index contributed by atoms with van der Waals surface area (Å²) in [5.41, 5.74) is 0.115. The predicted octanol–water partition coefficient (Wildman–Crippen LogP) is 5.15. The lowest BCUT2D eigenvalue weighted by Crippen LogP contribution is -2.49. The summed E-state index contributed by atoms with van der Waals surface area (Å²) in [5, 5.41) is 0. The monoisotopic (exact) mass is 487 g/mol.